The molecule has 1 atom stereocenters. The molecule has 104 valence electrons. The lowest BCUT2D eigenvalue weighted by Crippen LogP contribution is -2.42. The highest BCUT2D eigenvalue weighted by Crippen LogP contribution is 2.24. The van der Waals surface area contributed by atoms with Gasteiger partial charge in [0.2, 0.25) is 5.91 Å². The monoisotopic (exact) mass is 281 g/mol. The highest BCUT2D eigenvalue weighted by Gasteiger charge is 2.16. The van der Waals surface area contributed by atoms with E-state index in [1.165, 1.54) is 11.8 Å². The fraction of sp³-hybridized carbons (Fsp3) is 0.385. The van der Waals surface area contributed by atoms with Crippen molar-refractivity contribution in [2.24, 2.45) is 5.73 Å². The van der Waals surface area contributed by atoms with Crippen LogP contribution < -0.4 is 16.4 Å². The van der Waals surface area contributed by atoms with Gasteiger partial charge < -0.3 is 11.1 Å². The number of carbonyl (C=O) groups excluding carboxylic acids is 2. The van der Waals surface area contributed by atoms with Crippen LogP contribution in [0.1, 0.15) is 19.4 Å². The van der Waals surface area contributed by atoms with E-state index in [9.17, 15) is 9.59 Å². The SMILES string of the molecule is CCNC(=O)NC(=O)C(C)Sc1cccc(CN)c1. The summed E-state index contributed by atoms with van der Waals surface area (Å²) in [4.78, 5) is 24.0. The number of rotatable bonds is 5. The number of imide groups is 1. The summed E-state index contributed by atoms with van der Waals surface area (Å²) in [6.07, 6.45) is 0. The lowest BCUT2D eigenvalue weighted by Gasteiger charge is -2.12. The van der Waals surface area contributed by atoms with Gasteiger partial charge in [-0.25, -0.2) is 4.79 Å². The molecule has 5 nitrogen and oxygen atoms in total. The number of nitrogens with one attached hydrogen (secondary N) is 2. The molecule has 1 aromatic carbocycles. The second kappa shape index (κ2) is 7.81. The summed E-state index contributed by atoms with van der Waals surface area (Å²) in [7, 11) is 0. The van der Waals surface area contributed by atoms with Crippen LogP contribution in [-0.2, 0) is 11.3 Å². The van der Waals surface area contributed by atoms with Gasteiger partial charge in [-0.05, 0) is 31.5 Å². The summed E-state index contributed by atoms with van der Waals surface area (Å²) in [5.74, 6) is -0.311. The first-order valence-corrected chi connectivity index (χ1v) is 6.99. The highest BCUT2D eigenvalue weighted by atomic mass is 32.2. The van der Waals surface area contributed by atoms with Gasteiger partial charge in [0.1, 0.15) is 0 Å². The van der Waals surface area contributed by atoms with Crippen LogP contribution in [0.4, 0.5) is 4.79 Å². The zero-order valence-corrected chi connectivity index (χ0v) is 11.9. The van der Waals surface area contributed by atoms with E-state index >= 15 is 0 Å². The Hall–Kier alpha value is -1.53. The summed E-state index contributed by atoms with van der Waals surface area (Å²) in [6.45, 7) is 4.50. The molecule has 1 aromatic rings. The quantitative estimate of drug-likeness (QED) is 0.714. The highest BCUT2D eigenvalue weighted by molar-refractivity contribution is 8.00. The standard InChI is InChI=1S/C13H19N3O2S/c1-3-15-13(18)16-12(17)9(2)19-11-6-4-5-10(7-11)8-14/h4-7,9H,3,8,14H2,1-2H3,(H2,15,16,17,18). The molecule has 4 N–H and O–H groups in total. The molecule has 1 rings (SSSR count). The average Bonchev–Trinajstić information content (AvgIpc) is 2.39. The predicted molar refractivity (Wildman–Crippen MR) is 76.9 cm³/mol. The zero-order chi connectivity index (χ0) is 14.3. The maximum Gasteiger partial charge on any atom is 0.321 e. The molecular formula is C13H19N3O2S. The van der Waals surface area contributed by atoms with Crippen LogP contribution in [0, 0.1) is 0 Å². The van der Waals surface area contributed by atoms with Crippen LogP contribution in [0.25, 0.3) is 0 Å². The van der Waals surface area contributed by atoms with Crippen LogP contribution in [0.3, 0.4) is 0 Å². The number of thioether (sulfide) groups is 1. The second-order valence-electron chi connectivity index (χ2n) is 3.96. The van der Waals surface area contributed by atoms with Crippen molar-refractivity contribution >= 4 is 23.7 Å². The predicted octanol–water partition coefficient (Wildman–Crippen LogP) is 1.47. The van der Waals surface area contributed by atoms with Crippen molar-refractivity contribution in [1.29, 1.82) is 0 Å². The third-order valence-electron chi connectivity index (χ3n) is 2.39. The second-order valence-corrected chi connectivity index (χ2v) is 5.37. The van der Waals surface area contributed by atoms with Crippen molar-refractivity contribution in [2.75, 3.05) is 6.54 Å². The molecule has 0 aliphatic heterocycles. The van der Waals surface area contributed by atoms with E-state index in [2.05, 4.69) is 10.6 Å². The van der Waals surface area contributed by atoms with Gasteiger partial charge in [-0.3, -0.25) is 10.1 Å². The van der Waals surface area contributed by atoms with Crippen molar-refractivity contribution in [3.05, 3.63) is 29.8 Å². The van der Waals surface area contributed by atoms with Crippen molar-refractivity contribution in [3.63, 3.8) is 0 Å². The normalized spacial score (nSPS) is 11.7. The third-order valence-corrected chi connectivity index (χ3v) is 3.48. The van der Waals surface area contributed by atoms with E-state index in [0.717, 1.165) is 10.5 Å². The Morgan fingerprint density at radius 2 is 2.16 bits per heavy atom. The Labute approximate surface area is 117 Å². The smallest absolute Gasteiger partial charge is 0.321 e. The molecule has 0 aromatic heterocycles. The Morgan fingerprint density at radius 3 is 2.79 bits per heavy atom. The Morgan fingerprint density at radius 1 is 1.42 bits per heavy atom. The largest absolute Gasteiger partial charge is 0.338 e. The van der Waals surface area contributed by atoms with E-state index in [1.54, 1.807) is 13.8 Å². The number of urea groups is 1. The molecule has 0 spiro atoms. The summed E-state index contributed by atoms with van der Waals surface area (Å²) in [5.41, 5.74) is 6.58. The molecule has 0 fully saturated rings. The molecular weight excluding hydrogens is 262 g/mol. The number of nitrogens with two attached hydrogens (primary N) is 1. The molecule has 1 unspecified atom stereocenters. The fourth-order valence-electron chi connectivity index (χ4n) is 1.42. The minimum atomic E-state index is -0.462. The molecule has 19 heavy (non-hydrogen) atoms. The number of carbonyl (C=O) groups is 2. The molecule has 0 heterocycles. The Kier molecular flexibility index (Phi) is 6.38. The number of benzene rings is 1. The van der Waals surface area contributed by atoms with Crippen LogP contribution in [-0.4, -0.2) is 23.7 Å². The molecule has 0 saturated heterocycles. The lowest BCUT2D eigenvalue weighted by molar-refractivity contribution is -0.119. The van der Waals surface area contributed by atoms with Gasteiger partial charge in [0.05, 0.1) is 5.25 Å². The summed E-state index contributed by atoms with van der Waals surface area (Å²) in [5, 5.41) is 4.46. The lowest BCUT2D eigenvalue weighted by atomic mass is 10.2. The fourth-order valence-corrected chi connectivity index (χ4v) is 2.37. The van der Waals surface area contributed by atoms with Gasteiger partial charge in [0.25, 0.3) is 0 Å². The minimum Gasteiger partial charge on any atom is -0.338 e. The van der Waals surface area contributed by atoms with E-state index in [0.29, 0.717) is 13.1 Å². The zero-order valence-electron chi connectivity index (χ0n) is 11.1. The first-order valence-electron chi connectivity index (χ1n) is 6.11. The average molecular weight is 281 g/mol. The van der Waals surface area contributed by atoms with Crippen LogP contribution in [0.15, 0.2) is 29.2 Å². The molecule has 0 bridgehead atoms. The van der Waals surface area contributed by atoms with Gasteiger partial charge in [0, 0.05) is 18.0 Å². The summed E-state index contributed by atoms with van der Waals surface area (Å²) >= 11 is 1.39. The van der Waals surface area contributed by atoms with Gasteiger partial charge in [-0.15, -0.1) is 11.8 Å². The van der Waals surface area contributed by atoms with Crippen molar-refractivity contribution < 1.29 is 9.59 Å². The molecule has 0 aliphatic carbocycles. The van der Waals surface area contributed by atoms with Gasteiger partial charge in [-0.1, -0.05) is 12.1 Å². The Bertz CT molecular complexity index is 451. The molecule has 0 radical (unpaired) electrons. The number of amides is 3. The topological polar surface area (TPSA) is 84.2 Å². The van der Waals surface area contributed by atoms with Gasteiger partial charge >= 0.3 is 6.03 Å². The molecule has 0 saturated carbocycles. The number of hydrogen-bond donors (Lipinski definition) is 3. The van der Waals surface area contributed by atoms with Crippen LogP contribution >= 0.6 is 11.8 Å². The van der Waals surface area contributed by atoms with Gasteiger partial charge in [-0.2, -0.15) is 0 Å². The molecule has 3 amide bonds. The van der Waals surface area contributed by atoms with E-state index < -0.39 is 6.03 Å². The maximum absolute atomic E-state index is 11.8. The third kappa shape index (κ3) is 5.32. The first-order chi connectivity index (χ1) is 9.06. The van der Waals surface area contributed by atoms with E-state index in [4.69, 9.17) is 5.73 Å². The van der Waals surface area contributed by atoms with E-state index in [1.807, 2.05) is 24.3 Å². The van der Waals surface area contributed by atoms with Crippen LogP contribution in [0.2, 0.25) is 0 Å². The van der Waals surface area contributed by atoms with Crippen molar-refractivity contribution in [3.8, 4) is 0 Å². The van der Waals surface area contributed by atoms with Crippen molar-refractivity contribution in [1.82, 2.24) is 10.6 Å². The summed E-state index contributed by atoms with van der Waals surface area (Å²) in [6, 6.07) is 7.23. The molecule has 0 aliphatic rings. The number of hydrogen-bond acceptors (Lipinski definition) is 4. The van der Waals surface area contributed by atoms with Gasteiger partial charge in [0.15, 0.2) is 0 Å². The summed E-state index contributed by atoms with van der Waals surface area (Å²) < 4.78 is 0. The first kappa shape index (κ1) is 15.5. The Balaban J connectivity index is 2.55. The minimum absolute atomic E-state index is 0.311. The van der Waals surface area contributed by atoms with E-state index in [-0.39, 0.29) is 11.2 Å². The van der Waals surface area contributed by atoms with Crippen molar-refractivity contribution in [2.45, 2.75) is 30.5 Å². The maximum atomic E-state index is 11.8. The molecule has 6 heteroatoms. The van der Waals surface area contributed by atoms with Crippen LogP contribution in [0.5, 0.6) is 0 Å².